The maximum atomic E-state index is 10.8. The topological polar surface area (TPSA) is 78.0 Å². The summed E-state index contributed by atoms with van der Waals surface area (Å²) in [6.07, 6.45) is 5.56. The van der Waals surface area contributed by atoms with Gasteiger partial charge in [-0.3, -0.25) is 4.79 Å². The Labute approximate surface area is 94.6 Å². The van der Waals surface area contributed by atoms with Crippen molar-refractivity contribution in [3.8, 4) is 0 Å². The van der Waals surface area contributed by atoms with Crippen molar-refractivity contribution in [1.82, 2.24) is 15.3 Å². The maximum absolute atomic E-state index is 10.8. The Morgan fingerprint density at radius 1 is 1.62 bits per heavy atom. The molecule has 0 saturated heterocycles. The fourth-order valence-corrected chi connectivity index (χ4v) is 1.31. The molecular formula is C11H17N3O2. The van der Waals surface area contributed by atoms with E-state index in [-0.39, 0.29) is 12.5 Å². The van der Waals surface area contributed by atoms with Crippen LogP contribution in [0.3, 0.4) is 0 Å². The van der Waals surface area contributed by atoms with Crippen LogP contribution in [0.4, 0.5) is 0 Å². The largest absolute Gasteiger partial charge is 0.390 e. The number of nitrogens with zero attached hydrogens (tertiary/aromatic N) is 1. The molecule has 0 aliphatic rings. The molecule has 88 valence electrons. The van der Waals surface area contributed by atoms with Gasteiger partial charge >= 0.3 is 0 Å². The lowest BCUT2D eigenvalue weighted by Crippen LogP contribution is -2.21. The molecule has 3 N–H and O–H groups in total. The average Bonchev–Trinajstić information content (AvgIpc) is 2.76. The van der Waals surface area contributed by atoms with E-state index in [0.717, 1.165) is 30.8 Å². The number of unbranched alkanes of at least 4 members (excludes halogenated alkanes) is 1. The summed E-state index contributed by atoms with van der Waals surface area (Å²) in [4.78, 5) is 17.9. The first-order chi connectivity index (χ1) is 7.76. The number of carbonyl (C=O) groups excluding carboxylic acids is 1. The lowest BCUT2D eigenvalue weighted by atomic mass is 10.2. The van der Waals surface area contributed by atoms with Crippen LogP contribution in [-0.4, -0.2) is 27.5 Å². The smallest absolute Gasteiger partial charge is 0.243 e. The van der Waals surface area contributed by atoms with E-state index in [2.05, 4.69) is 21.9 Å². The second kappa shape index (κ2) is 6.79. The predicted molar refractivity (Wildman–Crippen MR) is 60.7 cm³/mol. The molecule has 0 aromatic carbocycles. The van der Waals surface area contributed by atoms with Gasteiger partial charge < -0.3 is 15.4 Å². The molecule has 0 unspecified atom stereocenters. The SMILES string of the molecule is C=CC(=O)NCCCCc1ncc(CO)[nH]1. The van der Waals surface area contributed by atoms with Gasteiger partial charge in [-0.1, -0.05) is 6.58 Å². The minimum atomic E-state index is -0.138. The summed E-state index contributed by atoms with van der Waals surface area (Å²) < 4.78 is 0. The highest BCUT2D eigenvalue weighted by Crippen LogP contribution is 2.01. The fraction of sp³-hybridized carbons (Fsp3) is 0.455. The molecule has 0 fully saturated rings. The van der Waals surface area contributed by atoms with Crippen LogP contribution in [0.5, 0.6) is 0 Å². The van der Waals surface area contributed by atoms with E-state index >= 15 is 0 Å². The summed E-state index contributed by atoms with van der Waals surface area (Å²) in [5.74, 6) is 0.736. The molecule has 0 bridgehead atoms. The summed E-state index contributed by atoms with van der Waals surface area (Å²) in [6.45, 7) is 4.01. The van der Waals surface area contributed by atoms with Gasteiger partial charge in [0, 0.05) is 13.0 Å². The molecule has 1 aromatic rings. The van der Waals surface area contributed by atoms with Gasteiger partial charge in [-0.05, 0) is 18.9 Å². The zero-order valence-corrected chi connectivity index (χ0v) is 9.20. The molecular weight excluding hydrogens is 206 g/mol. The van der Waals surface area contributed by atoms with Gasteiger partial charge in [-0.15, -0.1) is 0 Å². The summed E-state index contributed by atoms with van der Waals surface area (Å²) in [7, 11) is 0. The van der Waals surface area contributed by atoms with E-state index in [0.29, 0.717) is 6.54 Å². The summed E-state index contributed by atoms with van der Waals surface area (Å²) >= 11 is 0. The third kappa shape index (κ3) is 4.27. The van der Waals surface area contributed by atoms with Gasteiger partial charge in [0.05, 0.1) is 18.5 Å². The molecule has 16 heavy (non-hydrogen) atoms. The van der Waals surface area contributed by atoms with Crippen LogP contribution in [0.25, 0.3) is 0 Å². The van der Waals surface area contributed by atoms with Crippen molar-refractivity contribution >= 4 is 5.91 Å². The number of hydrogen-bond acceptors (Lipinski definition) is 3. The van der Waals surface area contributed by atoms with Crippen molar-refractivity contribution < 1.29 is 9.90 Å². The second-order valence-electron chi connectivity index (χ2n) is 3.47. The van der Waals surface area contributed by atoms with Crippen LogP contribution >= 0.6 is 0 Å². The van der Waals surface area contributed by atoms with Crippen LogP contribution in [0.2, 0.25) is 0 Å². The van der Waals surface area contributed by atoms with Crippen molar-refractivity contribution in [2.75, 3.05) is 6.54 Å². The predicted octanol–water partition coefficient (Wildman–Crippen LogP) is 0.527. The average molecular weight is 223 g/mol. The molecule has 0 aliphatic heterocycles. The van der Waals surface area contributed by atoms with E-state index in [1.165, 1.54) is 6.08 Å². The van der Waals surface area contributed by atoms with Gasteiger partial charge in [-0.2, -0.15) is 0 Å². The van der Waals surface area contributed by atoms with E-state index < -0.39 is 0 Å². The number of H-pyrrole nitrogens is 1. The number of nitrogens with one attached hydrogen (secondary N) is 2. The normalized spacial score (nSPS) is 10.1. The first-order valence-corrected chi connectivity index (χ1v) is 5.30. The minimum absolute atomic E-state index is 0.0115. The quantitative estimate of drug-likeness (QED) is 0.466. The van der Waals surface area contributed by atoms with Gasteiger partial charge in [0.1, 0.15) is 5.82 Å². The number of aromatic amines is 1. The molecule has 0 atom stereocenters. The number of aromatic nitrogens is 2. The van der Waals surface area contributed by atoms with Crippen LogP contribution in [0, 0.1) is 0 Å². The van der Waals surface area contributed by atoms with E-state index in [9.17, 15) is 4.79 Å². The van der Waals surface area contributed by atoms with Crippen LogP contribution in [-0.2, 0) is 17.8 Å². The van der Waals surface area contributed by atoms with Crippen LogP contribution in [0.15, 0.2) is 18.9 Å². The van der Waals surface area contributed by atoms with Crippen molar-refractivity contribution in [2.45, 2.75) is 25.9 Å². The van der Waals surface area contributed by atoms with Crippen LogP contribution < -0.4 is 5.32 Å². The third-order valence-electron chi connectivity index (χ3n) is 2.18. The van der Waals surface area contributed by atoms with Gasteiger partial charge in [-0.25, -0.2) is 4.98 Å². The Hall–Kier alpha value is -1.62. The number of amides is 1. The van der Waals surface area contributed by atoms with Crippen molar-refractivity contribution in [3.05, 3.63) is 30.4 Å². The molecule has 0 aliphatic carbocycles. The second-order valence-corrected chi connectivity index (χ2v) is 3.47. The Balaban J connectivity index is 2.11. The van der Waals surface area contributed by atoms with E-state index in [1.807, 2.05) is 0 Å². The highest BCUT2D eigenvalue weighted by Gasteiger charge is 1.99. The molecule has 0 radical (unpaired) electrons. The number of imidazole rings is 1. The zero-order valence-electron chi connectivity index (χ0n) is 9.20. The lowest BCUT2D eigenvalue weighted by molar-refractivity contribution is -0.116. The Morgan fingerprint density at radius 3 is 3.06 bits per heavy atom. The monoisotopic (exact) mass is 223 g/mol. The summed E-state index contributed by atoms with van der Waals surface area (Å²) in [5, 5.41) is 11.5. The van der Waals surface area contributed by atoms with Gasteiger partial charge in [0.25, 0.3) is 0 Å². The van der Waals surface area contributed by atoms with E-state index in [4.69, 9.17) is 5.11 Å². The molecule has 1 heterocycles. The first-order valence-electron chi connectivity index (χ1n) is 5.30. The Morgan fingerprint density at radius 2 is 2.44 bits per heavy atom. The third-order valence-corrected chi connectivity index (χ3v) is 2.18. The number of aliphatic hydroxyl groups is 1. The standard InChI is InChI=1S/C11H17N3O2/c1-2-11(16)12-6-4-3-5-10-13-7-9(8-15)14-10/h2,7,15H,1,3-6,8H2,(H,12,16)(H,13,14). The summed E-state index contributed by atoms with van der Waals surface area (Å²) in [6, 6.07) is 0. The number of hydrogen-bond donors (Lipinski definition) is 3. The fourth-order valence-electron chi connectivity index (χ4n) is 1.31. The molecule has 1 aromatic heterocycles. The zero-order chi connectivity index (χ0) is 11.8. The molecule has 5 heteroatoms. The lowest BCUT2D eigenvalue weighted by Gasteiger charge is -2.00. The van der Waals surface area contributed by atoms with Gasteiger partial charge in [0.2, 0.25) is 5.91 Å². The molecule has 1 amide bonds. The Kier molecular flexibility index (Phi) is 5.28. The highest BCUT2D eigenvalue weighted by molar-refractivity contribution is 5.86. The molecule has 1 rings (SSSR count). The Bertz CT molecular complexity index is 347. The summed E-state index contributed by atoms with van der Waals surface area (Å²) in [5.41, 5.74) is 0.731. The van der Waals surface area contributed by atoms with Crippen molar-refractivity contribution in [3.63, 3.8) is 0 Å². The number of rotatable bonds is 7. The number of aryl methyl sites for hydroxylation is 1. The molecule has 0 spiro atoms. The molecule has 5 nitrogen and oxygen atoms in total. The number of aliphatic hydroxyl groups excluding tert-OH is 1. The first kappa shape index (κ1) is 12.4. The van der Waals surface area contributed by atoms with Crippen molar-refractivity contribution in [1.29, 1.82) is 0 Å². The van der Waals surface area contributed by atoms with Gasteiger partial charge in [0.15, 0.2) is 0 Å². The van der Waals surface area contributed by atoms with Crippen LogP contribution in [0.1, 0.15) is 24.4 Å². The van der Waals surface area contributed by atoms with E-state index in [1.54, 1.807) is 6.20 Å². The maximum Gasteiger partial charge on any atom is 0.243 e. The number of carbonyl (C=O) groups is 1. The molecule has 0 saturated carbocycles. The minimum Gasteiger partial charge on any atom is -0.390 e. The highest BCUT2D eigenvalue weighted by atomic mass is 16.3. The van der Waals surface area contributed by atoms with Crippen molar-refractivity contribution in [2.24, 2.45) is 0 Å².